The molecule has 3 N–H and O–H groups in total. The molecule has 0 aliphatic carbocycles. The fraction of sp³-hybridized carbons (Fsp3) is 0.476. The van der Waals surface area contributed by atoms with E-state index >= 15 is 4.39 Å². The average Bonchev–Trinajstić information content (AvgIpc) is 3.13. The number of methoxy groups -OCH3 is 1. The van der Waals surface area contributed by atoms with Gasteiger partial charge in [0.05, 0.1) is 13.7 Å². The summed E-state index contributed by atoms with van der Waals surface area (Å²) < 4.78 is 103. The predicted molar refractivity (Wildman–Crippen MR) is 129 cm³/mol. The standard InChI is InChI=1S/C21H22BrF5N3O9P/c1-10(18(33)36-2)29-40(35,39-12-5-3-11(22)4-6-12)37-9-20(8-23)15(31)14(24)17(38-20)30-7-13(21(25,26)27)16(32)28-19(30)34/h3-7,10,14-15,17,31H,8-9H2,1-2H3,(H,29,35)(H,28,32,34)/t10-,14-,15-,17+,20+,40?/m0/s1. The average molecular weight is 666 g/mol. The van der Waals surface area contributed by atoms with Gasteiger partial charge in [-0.25, -0.2) is 18.1 Å². The Morgan fingerprint density at radius 1 is 1.32 bits per heavy atom. The van der Waals surface area contributed by atoms with Crippen LogP contribution < -0.4 is 20.9 Å². The molecule has 6 atom stereocenters. The number of alkyl halides is 5. The summed E-state index contributed by atoms with van der Waals surface area (Å²) in [6.45, 7) is -1.78. The number of esters is 1. The van der Waals surface area contributed by atoms with Crippen molar-refractivity contribution in [3.8, 4) is 5.75 Å². The summed E-state index contributed by atoms with van der Waals surface area (Å²) in [5, 5.41) is 12.7. The second kappa shape index (κ2) is 12.1. The van der Waals surface area contributed by atoms with Crippen LogP contribution in [0.4, 0.5) is 22.0 Å². The van der Waals surface area contributed by atoms with Crippen LogP contribution in [0.5, 0.6) is 5.75 Å². The number of nitrogens with zero attached hydrogens (tertiary/aromatic N) is 1. The molecular weight excluding hydrogens is 644 g/mol. The number of carbonyl (C=O) groups is 1. The minimum atomic E-state index is -5.26. The molecule has 1 aromatic heterocycles. The van der Waals surface area contributed by atoms with E-state index in [0.29, 0.717) is 4.47 Å². The van der Waals surface area contributed by atoms with Crippen LogP contribution in [0.2, 0.25) is 0 Å². The number of nitrogens with one attached hydrogen (secondary N) is 2. The monoisotopic (exact) mass is 665 g/mol. The highest BCUT2D eigenvalue weighted by Gasteiger charge is 2.58. The lowest BCUT2D eigenvalue weighted by atomic mass is 9.98. The molecule has 1 saturated heterocycles. The number of aliphatic hydroxyl groups excluding tert-OH is 1. The maximum atomic E-state index is 15.1. The molecule has 2 heterocycles. The number of benzene rings is 1. The zero-order valence-electron chi connectivity index (χ0n) is 20.5. The van der Waals surface area contributed by atoms with Gasteiger partial charge in [0, 0.05) is 10.7 Å². The molecule has 3 rings (SSSR count). The van der Waals surface area contributed by atoms with E-state index in [2.05, 4.69) is 25.8 Å². The minimum absolute atomic E-state index is 0.00891. The van der Waals surface area contributed by atoms with Gasteiger partial charge in [-0.1, -0.05) is 15.9 Å². The van der Waals surface area contributed by atoms with Crippen molar-refractivity contribution in [1.82, 2.24) is 14.6 Å². The van der Waals surface area contributed by atoms with E-state index in [0.717, 1.165) is 7.11 Å². The number of aromatic amines is 1. The second-order valence-electron chi connectivity index (χ2n) is 8.49. The Hall–Kier alpha value is -2.63. The van der Waals surface area contributed by atoms with Crippen molar-refractivity contribution in [2.45, 2.75) is 43.2 Å². The van der Waals surface area contributed by atoms with Crippen molar-refractivity contribution >= 4 is 29.6 Å². The molecule has 0 radical (unpaired) electrons. The number of aromatic nitrogens is 2. The van der Waals surface area contributed by atoms with Gasteiger partial charge in [0.25, 0.3) is 5.56 Å². The fourth-order valence-electron chi connectivity index (χ4n) is 3.56. The lowest BCUT2D eigenvalue weighted by molar-refractivity contribution is -0.143. The quantitative estimate of drug-likeness (QED) is 0.196. The Labute approximate surface area is 230 Å². The molecule has 1 unspecified atom stereocenters. The van der Waals surface area contributed by atoms with E-state index in [9.17, 15) is 41.6 Å². The Bertz CT molecular complexity index is 1390. The van der Waals surface area contributed by atoms with E-state index in [1.54, 1.807) is 0 Å². The SMILES string of the molecule is COC(=O)[C@H](C)NP(=O)(OC[C@@]1(CF)O[C@@H](n2cc(C(F)(F)F)c(=O)[nH]c2=O)[C@@H](F)[C@@H]1O)Oc1ccc(Br)cc1. The molecule has 1 fully saturated rings. The zero-order valence-corrected chi connectivity index (χ0v) is 23.0. The number of ether oxygens (including phenoxy) is 2. The van der Waals surface area contributed by atoms with Crippen molar-refractivity contribution in [2.24, 2.45) is 0 Å². The summed E-state index contributed by atoms with van der Waals surface area (Å²) in [5.41, 5.74) is -7.99. The number of halogens is 6. The van der Waals surface area contributed by atoms with E-state index in [1.165, 1.54) is 36.2 Å². The molecule has 2 aromatic rings. The number of hydrogen-bond acceptors (Lipinski definition) is 9. The number of H-pyrrole nitrogens is 1. The smallest absolute Gasteiger partial charge is 0.459 e. The number of hydrogen-bond donors (Lipinski definition) is 3. The predicted octanol–water partition coefficient (Wildman–Crippen LogP) is 2.61. The summed E-state index contributed by atoms with van der Waals surface area (Å²) in [4.78, 5) is 37.0. The molecular formula is C21H22BrF5N3O9P. The maximum Gasteiger partial charge on any atom is 0.459 e. The Morgan fingerprint density at radius 2 is 1.95 bits per heavy atom. The van der Waals surface area contributed by atoms with Crippen LogP contribution in [0.3, 0.4) is 0 Å². The molecule has 0 bridgehead atoms. The van der Waals surface area contributed by atoms with E-state index in [-0.39, 0.29) is 16.5 Å². The number of carbonyl (C=O) groups excluding carboxylic acids is 1. The summed E-state index contributed by atoms with van der Waals surface area (Å²) in [6.07, 6.45) is -12.9. The summed E-state index contributed by atoms with van der Waals surface area (Å²) >= 11 is 3.19. The van der Waals surface area contributed by atoms with Crippen LogP contribution >= 0.6 is 23.7 Å². The Kier molecular flexibility index (Phi) is 9.63. The molecule has 0 amide bonds. The second-order valence-corrected chi connectivity index (χ2v) is 11.1. The summed E-state index contributed by atoms with van der Waals surface area (Å²) in [7, 11) is -3.65. The van der Waals surface area contributed by atoms with Gasteiger partial charge in [0.1, 0.15) is 30.1 Å². The van der Waals surface area contributed by atoms with Crippen molar-refractivity contribution in [3.05, 3.63) is 61.3 Å². The third-order valence-corrected chi connectivity index (χ3v) is 7.82. The lowest BCUT2D eigenvalue weighted by Crippen LogP contribution is -2.48. The highest BCUT2D eigenvalue weighted by molar-refractivity contribution is 9.10. The van der Waals surface area contributed by atoms with Crippen LogP contribution in [0.25, 0.3) is 0 Å². The molecule has 1 aromatic carbocycles. The maximum absolute atomic E-state index is 15.1. The van der Waals surface area contributed by atoms with Crippen LogP contribution in [0.15, 0.2) is 44.5 Å². The van der Waals surface area contributed by atoms with Crippen LogP contribution in [-0.4, -0.2) is 64.9 Å². The first-order valence-electron chi connectivity index (χ1n) is 11.1. The first kappa shape index (κ1) is 31.9. The molecule has 12 nitrogen and oxygen atoms in total. The molecule has 1 aliphatic heterocycles. The highest BCUT2D eigenvalue weighted by atomic mass is 79.9. The third kappa shape index (κ3) is 6.80. The topological polar surface area (TPSA) is 158 Å². The van der Waals surface area contributed by atoms with E-state index < -0.39 is 80.1 Å². The van der Waals surface area contributed by atoms with Crippen molar-refractivity contribution < 1.29 is 54.9 Å². The first-order chi connectivity index (χ1) is 18.6. The highest BCUT2D eigenvalue weighted by Crippen LogP contribution is 2.48. The van der Waals surface area contributed by atoms with E-state index in [4.69, 9.17) is 13.8 Å². The lowest BCUT2D eigenvalue weighted by Gasteiger charge is -2.31. The van der Waals surface area contributed by atoms with Crippen molar-refractivity contribution in [1.29, 1.82) is 0 Å². The molecule has 1 aliphatic rings. The molecule has 19 heteroatoms. The van der Waals surface area contributed by atoms with Crippen molar-refractivity contribution in [3.63, 3.8) is 0 Å². The number of aliphatic hydroxyl groups is 1. The van der Waals surface area contributed by atoms with Crippen LogP contribution in [-0.2, 0) is 29.5 Å². The molecule has 0 saturated carbocycles. The fourth-order valence-corrected chi connectivity index (χ4v) is 5.37. The third-order valence-electron chi connectivity index (χ3n) is 5.67. The van der Waals surface area contributed by atoms with Crippen molar-refractivity contribution in [2.75, 3.05) is 20.4 Å². The van der Waals surface area contributed by atoms with Gasteiger partial charge in [0.2, 0.25) is 0 Å². The van der Waals surface area contributed by atoms with Gasteiger partial charge < -0.3 is 19.1 Å². The van der Waals surface area contributed by atoms with Crippen LogP contribution in [0, 0.1) is 0 Å². The normalized spacial score (nSPS) is 25.3. The minimum Gasteiger partial charge on any atom is -0.468 e. The Morgan fingerprint density at radius 3 is 2.50 bits per heavy atom. The van der Waals surface area contributed by atoms with Gasteiger partial charge >= 0.3 is 25.6 Å². The Balaban J connectivity index is 1.94. The zero-order chi connectivity index (χ0) is 30.0. The van der Waals surface area contributed by atoms with E-state index in [1.807, 2.05) is 0 Å². The van der Waals surface area contributed by atoms with Crippen LogP contribution in [0.1, 0.15) is 18.7 Å². The molecule has 40 heavy (non-hydrogen) atoms. The van der Waals surface area contributed by atoms with Gasteiger partial charge in [-0.2, -0.15) is 18.3 Å². The summed E-state index contributed by atoms with van der Waals surface area (Å²) in [6, 6.07) is 4.33. The first-order valence-corrected chi connectivity index (χ1v) is 13.4. The van der Waals surface area contributed by atoms with Gasteiger partial charge in [-0.15, -0.1) is 0 Å². The number of rotatable bonds is 10. The van der Waals surface area contributed by atoms with Gasteiger partial charge in [-0.05, 0) is 31.2 Å². The van der Waals surface area contributed by atoms with Gasteiger partial charge in [-0.3, -0.25) is 23.7 Å². The molecule has 222 valence electrons. The summed E-state index contributed by atoms with van der Waals surface area (Å²) in [5.74, 6) is -0.985. The van der Waals surface area contributed by atoms with Gasteiger partial charge in [0.15, 0.2) is 18.0 Å². The molecule has 0 spiro atoms. The largest absolute Gasteiger partial charge is 0.468 e.